The van der Waals surface area contributed by atoms with Crippen molar-refractivity contribution in [3.05, 3.63) is 35.6 Å². The molecule has 1 aliphatic heterocycles. The van der Waals surface area contributed by atoms with Crippen molar-refractivity contribution in [1.82, 2.24) is 5.32 Å². The molecule has 0 radical (unpaired) electrons. The third kappa shape index (κ3) is 2.89. The van der Waals surface area contributed by atoms with Gasteiger partial charge in [-0.05, 0) is 62.3 Å². The first-order valence-electron chi connectivity index (χ1n) is 7.52. The van der Waals surface area contributed by atoms with Gasteiger partial charge in [-0.2, -0.15) is 11.8 Å². The number of hydrogen-bond acceptors (Lipinski definition) is 3. The number of fused-ring (bicyclic) bond motifs is 1. The molecule has 20 heavy (non-hydrogen) atoms. The van der Waals surface area contributed by atoms with Crippen molar-refractivity contribution in [3.8, 4) is 0 Å². The van der Waals surface area contributed by atoms with E-state index in [0.29, 0.717) is 6.04 Å². The predicted molar refractivity (Wildman–Crippen MR) is 87.4 cm³/mol. The van der Waals surface area contributed by atoms with E-state index < -0.39 is 0 Å². The molecule has 3 rings (SSSR count). The molecule has 0 spiro atoms. The second-order valence-electron chi connectivity index (χ2n) is 5.77. The van der Waals surface area contributed by atoms with Crippen LogP contribution in [0.2, 0.25) is 0 Å². The maximum Gasteiger partial charge on any atom is 0.137 e. The molecule has 2 aromatic rings. The van der Waals surface area contributed by atoms with Crippen LogP contribution in [0.15, 0.2) is 28.7 Å². The number of furan rings is 1. The third-order valence-electron chi connectivity index (χ3n) is 4.36. The smallest absolute Gasteiger partial charge is 0.137 e. The summed E-state index contributed by atoms with van der Waals surface area (Å²) in [4.78, 5) is 0. The van der Waals surface area contributed by atoms with Gasteiger partial charge in [-0.3, -0.25) is 0 Å². The largest absolute Gasteiger partial charge is 0.459 e. The summed E-state index contributed by atoms with van der Waals surface area (Å²) in [7, 11) is 2.04. The summed E-state index contributed by atoms with van der Waals surface area (Å²) in [5.41, 5.74) is 2.26. The fourth-order valence-corrected chi connectivity index (χ4v) is 4.30. The van der Waals surface area contributed by atoms with E-state index in [4.69, 9.17) is 4.42 Å². The summed E-state index contributed by atoms with van der Waals surface area (Å²) in [6.45, 7) is 2.11. The van der Waals surface area contributed by atoms with E-state index in [1.54, 1.807) is 0 Å². The zero-order chi connectivity index (χ0) is 13.9. The van der Waals surface area contributed by atoms with Crippen molar-refractivity contribution in [2.24, 2.45) is 5.92 Å². The first-order chi connectivity index (χ1) is 9.78. The van der Waals surface area contributed by atoms with E-state index in [-0.39, 0.29) is 0 Å². The van der Waals surface area contributed by atoms with Gasteiger partial charge in [0.05, 0.1) is 6.04 Å². The molecule has 108 valence electrons. The number of thioether (sulfide) groups is 1. The van der Waals surface area contributed by atoms with Crippen LogP contribution in [-0.4, -0.2) is 18.6 Å². The number of hydrogen-bond donors (Lipinski definition) is 1. The average molecular weight is 289 g/mol. The van der Waals surface area contributed by atoms with Crippen molar-refractivity contribution in [3.63, 3.8) is 0 Å². The summed E-state index contributed by atoms with van der Waals surface area (Å²) >= 11 is 2.09. The average Bonchev–Trinajstić information content (AvgIpc) is 2.91. The Labute approximate surface area is 125 Å². The third-order valence-corrected chi connectivity index (χ3v) is 5.41. The molecule has 0 aliphatic carbocycles. The van der Waals surface area contributed by atoms with Crippen LogP contribution < -0.4 is 5.32 Å². The van der Waals surface area contributed by atoms with E-state index in [1.807, 2.05) is 7.05 Å². The first kappa shape index (κ1) is 14.0. The van der Waals surface area contributed by atoms with E-state index in [1.165, 1.54) is 41.7 Å². The zero-order valence-electron chi connectivity index (χ0n) is 12.3. The Morgan fingerprint density at radius 2 is 2.15 bits per heavy atom. The highest BCUT2D eigenvalue weighted by atomic mass is 32.2. The van der Waals surface area contributed by atoms with Gasteiger partial charge < -0.3 is 9.73 Å². The van der Waals surface area contributed by atoms with Crippen LogP contribution in [0.25, 0.3) is 11.0 Å². The molecule has 0 saturated carbocycles. The number of nitrogens with one attached hydrogen (secondary N) is 1. The van der Waals surface area contributed by atoms with Gasteiger partial charge in [-0.25, -0.2) is 0 Å². The van der Waals surface area contributed by atoms with Crippen LogP contribution in [0.3, 0.4) is 0 Å². The molecule has 3 heteroatoms. The summed E-state index contributed by atoms with van der Waals surface area (Å²) in [6.07, 6.45) is 3.89. The van der Waals surface area contributed by atoms with E-state index >= 15 is 0 Å². The van der Waals surface area contributed by atoms with E-state index in [9.17, 15) is 0 Å². The molecule has 0 amide bonds. The quantitative estimate of drug-likeness (QED) is 0.895. The van der Waals surface area contributed by atoms with Crippen LogP contribution >= 0.6 is 11.8 Å². The summed E-state index contributed by atoms with van der Waals surface area (Å²) in [6, 6.07) is 8.90. The minimum atomic E-state index is 0.342. The van der Waals surface area contributed by atoms with Gasteiger partial charge >= 0.3 is 0 Å². The molecule has 1 fully saturated rings. The molecule has 0 bridgehead atoms. The fraction of sp³-hybridized carbons (Fsp3) is 0.529. The van der Waals surface area contributed by atoms with Crippen molar-refractivity contribution in [1.29, 1.82) is 0 Å². The van der Waals surface area contributed by atoms with Gasteiger partial charge in [-0.1, -0.05) is 18.2 Å². The summed E-state index contributed by atoms with van der Waals surface area (Å²) in [5, 5.41) is 4.67. The van der Waals surface area contributed by atoms with Crippen molar-refractivity contribution in [2.45, 2.75) is 32.2 Å². The van der Waals surface area contributed by atoms with Crippen molar-refractivity contribution in [2.75, 3.05) is 18.6 Å². The maximum atomic E-state index is 6.13. The number of para-hydroxylation sites is 1. The van der Waals surface area contributed by atoms with E-state index in [2.05, 4.69) is 48.3 Å². The van der Waals surface area contributed by atoms with Gasteiger partial charge in [0.15, 0.2) is 0 Å². The van der Waals surface area contributed by atoms with Gasteiger partial charge in [0.25, 0.3) is 0 Å². The molecule has 1 N–H and O–H groups in total. The number of aryl methyl sites for hydroxylation is 1. The van der Waals surface area contributed by atoms with Crippen molar-refractivity contribution < 1.29 is 4.42 Å². The lowest BCUT2D eigenvalue weighted by Gasteiger charge is -2.25. The highest BCUT2D eigenvalue weighted by Crippen LogP contribution is 2.33. The van der Waals surface area contributed by atoms with E-state index in [0.717, 1.165) is 17.3 Å². The molecule has 1 saturated heterocycles. The van der Waals surface area contributed by atoms with Crippen LogP contribution in [-0.2, 0) is 0 Å². The van der Waals surface area contributed by atoms with Gasteiger partial charge in [0.1, 0.15) is 11.3 Å². The molecular weight excluding hydrogens is 266 g/mol. The number of benzene rings is 1. The summed E-state index contributed by atoms with van der Waals surface area (Å²) < 4.78 is 6.13. The minimum Gasteiger partial charge on any atom is -0.459 e. The second-order valence-corrected chi connectivity index (χ2v) is 7.00. The predicted octanol–water partition coefficient (Wildman–Crippen LogP) is 4.54. The van der Waals surface area contributed by atoms with Crippen LogP contribution in [0.4, 0.5) is 0 Å². The van der Waals surface area contributed by atoms with Crippen LogP contribution in [0.1, 0.15) is 36.6 Å². The monoisotopic (exact) mass is 289 g/mol. The minimum absolute atomic E-state index is 0.342. The number of rotatable bonds is 4. The second kappa shape index (κ2) is 6.23. The lowest BCUT2D eigenvalue weighted by Crippen LogP contribution is -2.21. The Kier molecular flexibility index (Phi) is 4.37. The standard InChI is InChI=1S/C17H23NOS/c1-12-4-3-5-14-11-16(19-17(12)14)15(18-2)10-13-6-8-20-9-7-13/h3-5,11,13,15,18H,6-10H2,1-2H3. The Morgan fingerprint density at radius 1 is 1.35 bits per heavy atom. The first-order valence-corrected chi connectivity index (χ1v) is 8.67. The lowest BCUT2D eigenvalue weighted by molar-refractivity contribution is 0.347. The van der Waals surface area contributed by atoms with Crippen LogP contribution in [0.5, 0.6) is 0 Å². The molecule has 2 nitrogen and oxygen atoms in total. The molecule has 1 atom stereocenters. The Hall–Kier alpha value is -0.930. The lowest BCUT2D eigenvalue weighted by atomic mass is 9.93. The zero-order valence-corrected chi connectivity index (χ0v) is 13.1. The Bertz CT molecular complexity index is 571. The molecule has 1 aromatic heterocycles. The van der Waals surface area contributed by atoms with Crippen molar-refractivity contribution >= 4 is 22.7 Å². The SMILES string of the molecule is CNC(CC1CCSCC1)c1cc2cccc(C)c2o1. The topological polar surface area (TPSA) is 25.2 Å². The van der Waals surface area contributed by atoms with Gasteiger partial charge in [0, 0.05) is 5.39 Å². The molecule has 1 aromatic carbocycles. The molecule has 2 heterocycles. The Morgan fingerprint density at radius 3 is 2.85 bits per heavy atom. The fourth-order valence-electron chi connectivity index (χ4n) is 3.09. The molecule has 1 aliphatic rings. The Balaban J connectivity index is 1.81. The maximum absolute atomic E-state index is 6.13. The van der Waals surface area contributed by atoms with Crippen LogP contribution in [0, 0.1) is 12.8 Å². The highest BCUT2D eigenvalue weighted by molar-refractivity contribution is 7.99. The van der Waals surface area contributed by atoms with Gasteiger partial charge in [-0.15, -0.1) is 0 Å². The normalized spacial score (nSPS) is 18.5. The highest BCUT2D eigenvalue weighted by Gasteiger charge is 2.22. The van der Waals surface area contributed by atoms with Gasteiger partial charge in [0.2, 0.25) is 0 Å². The summed E-state index contributed by atoms with van der Waals surface area (Å²) in [5.74, 6) is 4.57. The molecular formula is C17H23NOS. The molecule has 1 unspecified atom stereocenters.